The van der Waals surface area contributed by atoms with E-state index in [1.54, 1.807) is 6.07 Å². The highest BCUT2D eigenvalue weighted by Gasteiger charge is 2.31. The Bertz CT molecular complexity index is 546. The van der Waals surface area contributed by atoms with Crippen LogP contribution in [0.1, 0.15) is 22.1 Å². The lowest BCUT2D eigenvalue weighted by Gasteiger charge is -2.13. The van der Waals surface area contributed by atoms with Crippen LogP contribution in [0.2, 0.25) is 0 Å². The van der Waals surface area contributed by atoms with Crippen molar-refractivity contribution in [3.8, 4) is 5.75 Å². The third-order valence-corrected chi connectivity index (χ3v) is 3.48. The fourth-order valence-corrected chi connectivity index (χ4v) is 2.44. The van der Waals surface area contributed by atoms with Gasteiger partial charge in [0.25, 0.3) is 0 Å². The second-order valence-corrected chi connectivity index (χ2v) is 5.07. The normalized spacial score (nSPS) is 13.3. The Kier molecular flexibility index (Phi) is 3.82. The number of thiophene rings is 1. The van der Waals surface area contributed by atoms with Crippen LogP contribution in [0, 0.1) is 6.92 Å². The van der Waals surface area contributed by atoms with E-state index in [1.807, 2.05) is 12.3 Å². The highest BCUT2D eigenvalue weighted by atomic mass is 32.1. The average Bonchev–Trinajstić information content (AvgIpc) is 2.73. The molecular formula is C13H11F3O2S. The first-order chi connectivity index (χ1) is 8.87. The Morgan fingerprint density at radius 1 is 1.16 bits per heavy atom. The zero-order chi connectivity index (χ0) is 14.0. The molecule has 0 amide bonds. The molecule has 1 atom stereocenters. The highest BCUT2D eigenvalue weighted by molar-refractivity contribution is 7.10. The summed E-state index contributed by atoms with van der Waals surface area (Å²) in [5, 5.41) is 12.0. The Hall–Kier alpha value is -1.53. The number of ether oxygens (including phenoxy) is 1. The van der Waals surface area contributed by atoms with Crippen LogP contribution in [0.15, 0.2) is 35.7 Å². The van der Waals surface area contributed by atoms with Crippen molar-refractivity contribution >= 4 is 11.3 Å². The Labute approximate surface area is 112 Å². The molecule has 0 fully saturated rings. The van der Waals surface area contributed by atoms with E-state index < -0.39 is 12.5 Å². The maximum absolute atomic E-state index is 12.0. The summed E-state index contributed by atoms with van der Waals surface area (Å²) >= 11 is 1.50. The van der Waals surface area contributed by atoms with Gasteiger partial charge in [0.05, 0.1) is 0 Å². The number of halogens is 3. The Morgan fingerprint density at radius 2 is 1.79 bits per heavy atom. The molecule has 0 radical (unpaired) electrons. The molecule has 1 aromatic heterocycles. The van der Waals surface area contributed by atoms with Gasteiger partial charge in [-0.2, -0.15) is 0 Å². The van der Waals surface area contributed by atoms with E-state index in [0.717, 1.165) is 10.4 Å². The molecule has 1 N–H and O–H groups in total. The molecule has 0 saturated carbocycles. The van der Waals surface area contributed by atoms with Crippen molar-refractivity contribution in [1.29, 1.82) is 0 Å². The lowest BCUT2D eigenvalue weighted by Crippen LogP contribution is -2.17. The maximum Gasteiger partial charge on any atom is 0.573 e. The molecule has 0 spiro atoms. The van der Waals surface area contributed by atoms with Gasteiger partial charge in [-0.1, -0.05) is 12.1 Å². The molecule has 1 unspecified atom stereocenters. The van der Waals surface area contributed by atoms with Gasteiger partial charge < -0.3 is 9.84 Å². The summed E-state index contributed by atoms with van der Waals surface area (Å²) < 4.78 is 39.8. The van der Waals surface area contributed by atoms with Gasteiger partial charge in [0, 0.05) is 4.88 Å². The minimum atomic E-state index is -4.70. The second kappa shape index (κ2) is 5.22. The fraction of sp³-hybridized carbons (Fsp3) is 0.231. The van der Waals surface area contributed by atoms with Gasteiger partial charge in [0.1, 0.15) is 11.9 Å². The van der Waals surface area contributed by atoms with Crippen molar-refractivity contribution < 1.29 is 23.0 Å². The van der Waals surface area contributed by atoms with Crippen LogP contribution >= 0.6 is 11.3 Å². The molecule has 0 aliphatic heterocycles. The van der Waals surface area contributed by atoms with E-state index >= 15 is 0 Å². The Balaban J connectivity index is 2.17. The molecule has 2 aromatic rings. The van der Waals surface area contributed by atoms with Gasteiger partial charge in [0.2, 0.25) is 0 Å². The number of aryl methyl sites for hydroxylation is 1. The summed E-state index contributed by atoms with van der Waals surface area (Å²) in [5.41, 5.74) is 1.28. The summed E-state index contributed by atoms with van der Waals surface area (Å²) in [5.74, 6) is -0.300. The monoisotopic (exact) mass is 288 g/mol. The van der Waals surface area contributed by atoms with Crippen molar-refractivity contribution in [2.24, 2.45) is 0 Å². The molecule has 0 aliphatic rings. The number of aliphatic hydroxyl groups excluding tert-OH is 1. The topological polar surface area (TPSA) is 29.5 Å². The highest BCUT2D eigenvalue weighted by Crippen LogP contribution is 2.30. The predicted octanol–water partition coefficient (Wildman–Crippen LogP) is 4.04. The van der Waals surface area contributed by atoms with E-state index in [-0.39, 0.29) is 5.75 Å². The van der Waals surface area contributed by atoms with Gasteiger partial charge in [-0.3, -0.25) is 0 Å². The van der Waals surface area contributed by atoms with E-state index in [0.29, 0.717) is 5.56 Å². The molecule has 0 aliphatic carbocycles. The molecule has 102 valence electrons. The molecular weight excluding hydrogens is 277 g/mol. The van der Waals surface area contributed by atoms with Crippen LogP contribution < -0.4 is 4.74 Å². The van der Waals surface area contributed by atoms with E-state index in [1.165, 1.54) is 35.6 Å². The second-order valence-electron chi connectivity index (χ2n) is 3.95. The van der Waals surface area contributed by atoms with Crippen molar-refractivity contribution in [1.82, 2.24) is 0 Å². The molecule has 0 saturated heterocycles. The van der Waals surface area contributed by atoms with Gasteiger partial charge in [-0.25, -0.2) is 0 Å². The average molecular weight is 288 g/mol. The van der Waals surface area contributed by atoms with Crippen LogP contribution in [0.4, 0.5) is 13.2 Å². The third kappa shape index (κ3) is 3.48. The van der Waals surface area contributed by atoms with Crippen molar-refractivity contribution in [2.45, 2.75) is 19.4 Å². The van der Waals surface area contributed by atoms with Gasteiger partial charge in [-0.15, -0.1) is 24.5 Å². The molecule has 1 aromatic carbocycles. The molecule has 0 bridgehead atoms. The minimum absolute atomic E-state index is 0.300. The summed E-state index contributed by atoms with van der Waals surface area (Å²) in [6.45, 7) is 1.88. The van der Waals surface area contributed by atoms with Crippen LogP contribution in [0.5, 0.6) is 5.75 Å². The number of benzene rings is 1. The minimum Gasteiger partial charge on any atom is -0.406 e. The quantitative estimate of drug-likeness (QED) is 0.923. The van der Waals surface area contributed by atoms with Crippen LogP contribution in [0.3, 0.4) is 0 Å². The van der Waals surface area contributed by atoms with E-state index in [2.05, 4.69) is 4.74 Å². The first-order valence-corrected chi connectivity index (χ1v) is 6.32. The predicted molar refractivity (Wildman–Crippen MR) is 66.2 cm³/mol. The molecule has 1 heterocycles. The van der Waals surface area contributed by atoms with Crippen LogP contribution in [0.25, 0.3) is 0 Å². The van der Waals surface area contributed by atoms with Gasteiger partial charge in [-0.05, 0) is 41.6 Å². The van der Waals surface area contributed by atoms with E-state index in [9.17, 15) is 18.3 Å². The smallest absolute Gasteiger partial charge is 0.406 e. The molecule has 2 rings (SSSR count). The number of rotatable bonds is 3. The lowest BCUT2D eigenvalue weighted by atomic mass is 10.0. The van der Waals surface area contributed by atoms with Crippen LogP contribution in [-0.2, 0) is 0 Å². The molecule has 2 nitrogen and oxygen atoms in total. The zero-order valence-corrected chi connectivity index (χ0v) is 10.8. The largest absolute Gasteiger partial charge is 0.573 e. The Morgan fingerprint density at radius 3 is 2.26 bits per heavy atom. The summed E-state index contributed by atoms with van der Waals surface area (Å²) in [7, 11) is 0. The summed E-state index contributed by atoms with van der Waals surface area (Å²) in [6.07, 6.45) is -5.55. The number of hydrogen-bond donors (Lipinski definition) is 1. The van der Waals surface area contributed by atoms with Crippen molar-refractivity contribution in [2.75, 3.05) is 0 Å². The molecule has 6 heteroatoms. The van der Waals surface area contributed by atoms with Crippen molar-refractivity contribution in [3.63, 3.8) is 0 Å². The SMILES string of the molecule is Cc1sccc1C(O)c1ccc(OC(F)(F)F)cc1. The number of hydrogen-bond acceptors (Lipinski definition) is 3. The molecule has 19 heavy (non-hydrogen) atoms. The zero-order valence-electron chi connectivity index (χ0n) is 9.94. The number of aliphatic hydroxyl groups is 1. The van der Waals surface area contributed by atoms with Gasteiger partial charge >= 0.3 is 6.36 Å². The maximum atomic E-state index is 12.0. The summed E-state index contributed by atoms with van der Waals surface area (Å²) in [6, 6.07) is 7.01. The standard InChI is InChI=1S/C13H11F3O2S/c1-8-11(6-7-19-8)12(17)9-2-4-10(5-3-9)18-13(14,15)16/h2-7,12,17H,1H3. The van der Waals surface area contributed by atoms with E-state index in [4.69, 9.17) is 0 Å². The third-order valence-electron chi connectivity index (χ3n) is 2.62. The first-order valence-electron chi connectivity index (χ1n) is 5.44. The van der Waals surface area contributed by atoms with Crippen molar-refractivity contribution in [3.05, 3.63) is 51.7 Å². The first kappa shape index (κ1) is 13.9. The summed E-state index contributed by atoms with van der Waals surface area (Å²) in [4.78, 5) is 0.975. The lowest BCUT2D eigenvalue weighted by molar-refractivity contribution is -0.274. The van der Waals surface area contributed by atoms with Crippen LogP contribution in [-0.4, -0.2) is 11.5 Å². The van der Waals surface area contributed by atoms with Gasteiger partial charge in [0.15, 0.2) is 0 Å². The number of alkyl halides is 3. The fourth-order valence-electron chi connectivity index (χ4n) is 1.71.